The predicted molar refractivity (Wildman–Crippen MR) is 146 cm³/mol. The SMILES string of the molecule is CCN(CC)Cc1cc(C2CCc3ccc(CC(C)C(=O)O)cc3O2)ccc1-c1cc(OC)ncc1C#N. The van der Waals surface area contributed by atoms with Gasteiger partial charge in [-0.2, -0.15) is 5.26 Å². The van der Waals surface area contributed by atoms with Crippen molar-refractivity contribution in [2.75, 3.05) is 20.2 Å². The van der Waals surface area contributed by atoms with Gasteiger partial charge < -0.3 is 14.6 Å². The van der Waals surface area contributed by atoms with Crippen molar-refractivity contribution in [2.45, 2.75) is 52.7 Å². The molecule has 2 aromatic carbocycles. The minimum Gasteiger partial charge on any atom is -0.485 e. The molecule has 2 atom stereocenters. The van der Waals surface area contributed by atoms with Crippen LogP contribution in [0, 0.1) is 17.2 Å². The number of methoxy groups -OCH3 is 1. The highest BCUT2D eigenvalue weighted by molar-refractivity contribution is 5.74. The summed E-state index contributed by atoms with van der Waals surface area (Å²) in [5.41, 5.74) is 6.62. The molecule has 38 heavy (non-hydrogen) atoms. The third kappa shape index (κ3) is 5.98. The van der Waals surface area contributed by atoms with Gasteiger partial charge in [0.15, 0.2) is 0 Å². The number of pyridine rings is 1. The molecule has 0 bridgehead atoms. The van der Waals surface area contributed by atoms with E-state index in [9.17, 15) is 15.2 Å². The van der Waals surface area contributed by atoms with Gasteiger partial charge in [-0.15, -0.1) is 0 Å². The van der Waals surface area contributed by atoms with Crippen LogP contribution in [-0.2, 0) is 24.2 Å². The zero-order valence-corrected chi connectivity index (χ0v) is 22.5. The van der Waals surface area contributed by atoms with Crippen LogP contribution in [-0.4, -0.2) is 41.2 Å². The first kappa shape index (κ1) is 27.2. The maximum Gasteiger partial charge on any atom is 0.306 e. The average molecular weight is 514 g/mol. The summed E-state index contributed by atoms with van der Waals surface area (Å²) in [6.07, 6.45) is 3.67. The van der Waals surface area contributed by atoms with Crippen LogP contribution in [0.5, 0.6) is 11.6 Å². The fourth-order valence-electron chi connectivity index (χ4n) is 4.97. The van der Waals surface area contributed by atoms with Gasteiger partial charge in [-0.3, -0.25) is 9.69 Å². The molecule has 0 fully saturated rings. The maximum atomic E-state index is 11.3. The zero-order chi connectivity index (χ0) is 27.2. The van der Waals surface area contributed by atoms with E-state index in [4.69, 9.17) is 9.47 Å². The van der Waals surface area contributed by atoms with E-state index in [1.165, 1.54) is 0 Å². The molecule has 0 radical (unpaired) electrons. The minimum atomic E-state index is -0.797. The van der Waals surface area contributed by atoms with Gasteiger partial charge in [0.05, 0.1) is 18.6 Å². The smallest absolute Gasteiger partial charge is 0.306 e. The predicted octanol–water partition coefficient (Wildman–Crippen LogP) is 5.80. The molecule has 7 heteroatoms. The molecular weight excluding hydrogens is 478 g/mol. The van der Waals surface area contributed by atoms with E-state index in [0.717, 1.165) is 71.6 Å². The van der Waals surface area contributed by atoms with Crippen LogP contribution in [0.25, 0.3) is 11.1 Å². The van der Waals surface area contributed by atoms with Crippen molar-refractivity contribution in [2.24, 2.45) is 5.92 Å². The number of aliphatic carboxylic acids is 1. The molecule has 0 saturated heterocycles. The van der Waals surface area contributed by atoms with Gasteiger partial charge in [-0.25, -0.2) is 4.98 Å². The molecule has 1 aliphatic heterocycles. The molecule has 4 rings (SSSR count). The minimum absolute atomic E-state index is 0.110. The maximum absolute atomic E-state index is 11.3. The number of aryl methyl sites for hydroxylation is 1. The molecule has 198 valence electrons. The summed E-state index contributed by atoms with van der Waals surface area (Å²) < 4.78 is 11.9. The molecule has 0 spiro atoms. The molecule has 1 aliphatic rings. The van der Waals surface area contributed by atoms with Gasteiger partial charge in [-0.05, 0) is 66.2 Å². The Morgan fingerprint density at radius 1 is 1.21 bits per heavy atom. The Morgan fingerprint density at radius 3 is 2.68 bits per heavy atom. The number of nitrogens with zero attached hydrogens (tertiary/aromatic N) is 3. The second-order valence-corrected chi connectivity index (χ2v) is 9.79. The molecule has 1 N–H and O–H groups in total. The fraction of sp³-hybridized carbons (Fsp3) is 0.387. The molecule has 0 amide bonds. The Labute approximate surface area is 224 Å². The van der Waals surface area contributed by atoms with Crippen molar-refractivity contribution < 1.29 is 19.4 Å². The van der Waals surface area contributed by atoms with Crippen LogP contribution in [0.3, 0.4) is 0 Å². The Hall–Kier alpha value is -3.89. The van der Waals surface area contributed by atoms with Gasteiger partial charge in [0.25, 0.3) is 0 Å². The highest BCUT2D eigenvalue weighted by Gasteiger charge is 2.24. The Morgan fingerprint density at radius 2 is 2.00 bits per heavy atom. The van der Waals surface area contributed by atoms with Crippen LogP contribution in [0.1, 0.15) is 61.1 Å². The van der Waals surface area contributed by atoms with Crippen LogP contribution >= 0.6 is 0 Å². The van der Waals surface area contributed by atoms with Crippen LogP contribution in [0.15, 0.2) is 48.7 Å². The number of fused-ring (bicyclic) bond motifs is 1. The number of aromatic nitrogens is 1. The van der Waals surface area contributed by atoms with E-state index < -0.39 is 11.9 Å². The van der Waals surface area contributed by atoms with E-state index in [1.54, 1.807) is 20.2 Å². The van der Waals surface area contributed by atoms with Crippen molar-refractivity contribution in [1.29, 1.82) is 5.26 Å². The molecule has 0 aliphatic carbocycles. The summed E-state index contributed by atoms with van der Waals surface area (Å²) in [6, 6.07) is 16.5. The number of ether oxygens (including phenoxy) is 2. The first-order chi connectivity index (χ1) is 18.4. The van der Waals surface area contributed by atoms with E-state index in [-0.39, 0.29) is 6.10 Å². The Balaban J connectivity index is 1.69. The first-order valence-corrected chi connectivity index (χ1v) is 13.2. The van der Waals surface area contributed by atoms with Gasteiger partial charge in [0, 0.05) is 24.4 Å². The number of carboxylic acids is 1. The van der Waals surface area contributed by atoms with Crippen LogP contribution in [0.2, 0.25) is 0 Å². The van der Waals surface area contributed by atoms with Gasteiger partial charge in [-0.1, -0.05) is 51.1 Å². The van der Waals surface area contributed by atoms with E-state index in [2.05, 4.69) is 54.1 Å². The summed E-state index contributed by atoms with van der Waals surface area (Å²) in [7, 11) is 1.57. The summed E-state index contributed by atoms with van der Waals surface area (Å²) in [5.74, 6) is 0.0508. The quantitative estimate of drug-likeness (QED) is 0.366. The number of benzene rings is 2. The normalized spacial score (nSPS) is 15.3. The molecule has 3 aromatic rings. The summed E-state index contributed by atoms with van der Waals surface area (Å²) in [4.78, 5) is 17.9. The van der Waals surface area contributed by atoms with Gasteiger partial charge in [0.2, 0.25) is 5.88 Å². The number of hydrogen-bond donors (Lipinski definition) is 1. The Bertz CT molecular complexity index is 1340. The number of nitriles is 1. The van der Waals surface area contributed by atoms with Crippen molar-refractivity contribution >= 4 is 5.97 Å². The standard InChI is InChI=1S/C31H35N3O4/c1-5-34(6-2)19-24-15-23(9-11-26(24)27-16-30(37-4)33-18-25(27)17-32)28-12-10-22-8-7-21(14-29(22)38-28)13-20(3)31(35)36/h7-9,11,14-16,18,20,28H,5-6,10,12-13,19H2,1-4H3,(H,35,36). The number of hydrogen-bond acceptors (Lipinski definition) is 6. The summed E-state index contributed by atoms with van der Waals surface area (Å²) in [5, 5.41) is 19.1. The second-order valence-electron chi connectivity index (χ2n) is 9.79. The molecule has 0 saturated carbocycles. The number of carboxylic acid groups (broad SMARTS) is 1. The van der Waals surface area contributed by atoms with Crippen molar-refractivity contribution in [1.82, 2.24) is 9.88 Å². The third-order valence-electron chi connectivity index (χ3n) is 7.33. The lowest BCUT2D eigenvalue weighted by molar-refractivity contribution is -0.141. The van der Waals surface area contributed by atoms with E-state index in [1.807, 2.05) is 18.2 Å². The largest absolute Gasteiger partial charge is 0.485 e. The van der Waals surface area contributed by atoms with Gasteiger partial charge in [0.1, 0.15) is 17.9 Å². The highest BCUT2D eigenvalue weighted by atomic mass is 16.5. The van der Waals surface area contributed by atoms with Gasteiger partial charge >= 0.3 is 5.97 Å². The fourth-order valence-corrected chi connectivity index (χ4v) is 4.97. The lowest BCUT2D eigenvalue weighted by Crippen LogP contribution is -2.23. The molecular formula is C31H35N3O4. The second kappa shape index (κ2) is 12.1. The number of carbonyl (C=O) groups is 1. The molecule has 1 aromatic heterocycles. The molecule has 2 unspecified atom stereocenters. The van der Waals surface area contributed by atoms with E-state index in [0.29, 0.717) is 17.9 Å². The van der Waals surface area contributed by atoms with Crippen molar-refractivity contribution in [3.05, 3.63) is 76.5 Å². The van der Waals surface area contributed by atoms with Crippen LogP contribution < -0.4 is 9.47 Å². The third-order valence-corrected chi connectivity index (χ3v) is 7.33. The first-order valence-electron chi connectivity index (χ1n) is 13.2. The average Bonchev–Trinajstić information content (AvgIpc) is 2.94. The highest BCUT2D eigenvalue weighted by Crippen LogP contribution is 2.38. The molecule has 2 heterocycles. The monoisotopic (exact) mass is 513 g/mol. The molecule has 7 nitrogen and oxygen atoms in total. The zero-order valence-electron chi connectivity index (χ0n) is 22.5. The number of rotatable bonds is 10. The van der Waals surface area contributed by atoms with Crippen LogP contribution in [0.4, 0.5) is 0 Å². The van der Waals surface area contributed by atoms with E-state index >= 15 is 0 Å². The summed E-state index contributed by atoms with van der Waals surface area (Å²) >= 11 is 0. The van der Waals surface area contributed by atoms with Crippen molar-refractivity contribution in [3.63, 3.8) is 0 Å². The summed E-state index contributed by atoms with van der Waals surface area (Å²) in [6.45, 7) is 8.58. The van der Waals surface area contributed by atoms with Crippen molar-refractivity contribution in [3.8, 4) is 28.8 Å². The lowest BCUT2D eigenvalue weighted by Gasteiger charge is -2.28. The Kier molecular flexibility index (Phi) is 8.65. The lowest BCUT2D eigenvalue weighted by atomic mass is 9.90. The topological polar surface area (TPSA) is 95.7 Å².